The summed E-state index contributed by atoms with van der Waals surface area (Å²) < 4.78 is 2.08. The van der Waals surface area contributed by atoms with Crippen LogP contribution in [0.1, 0.15) is 21.5 Å². The Morgan fingerprint density at radius 2 is 2.16 bits per heavy atom. The van der Waals surface area contributed by atoms with E-state index in [1.54, 1.807) is 12.3 Å². The highest BCUT2D eigenvalue weighted by molar-refractivity contribution is 5.88. The first-order valence-corrected chi connectivity index (χ1v) is 6.03. The summed E-state index contributed by atoms with van der Waals surface area (Å²) in [4.78, 5) is 15.0. The predicted octanol–water partition coefficient (Wildman–Crippen LogP) is 2.42. The average molecular weight is 279 g/mol. The Bertz CT molecular complexity index is 581. The average Bonchev–Trinajstić information content (AvgIpc) is 2.96. The number of aromatic carboxylic acids is 1. The van der Waals surface area contributed by atoms with E-state index in [1.807, 2.05) is 24.7 Å². The van der Waals surface area contributed by atoms with Gasteiger partial charge >= 0.3 is 5.97 Å². The maximum Gasteiger partial charge on any atom is 0.335 e. The summed E-state index contributed by atoms with van der Waals surface area (Å²) in [5, 5.41) is 8.98. The molecule has 0 saturated heterocycles. The first-order valence-electron chi connectivity index (χ1n) is 6.03. The number of carboxylic acids is 1. The molecular weight excluding hydrogens is 264 g/mol. The second kappa shape index (κ2) is 5.45. The maximum atomic E-state index is 10.9. The molecule has 1 N–H and O–H groups in total. The van der Waals surface area contributed by atoms with Gasteiger partial charge in [-0.2, -0.15) is 0 Å². The summed E-state index contributed by atoms with van der Waals surface area (Å²) in [7, 11) is 0. The number of hydrogen-bond acceptors (Lipinski definition) is 2. The van der Waals surface area contributed by atoms with Crippen LogP contribution < -0.4 is 0 Å². The number of benzene rings is 1. The van der Waals surface area contributed by atoms with Crippen molar-refractivity contribution < 1.29 is 9.90 Å². The highest BCUT2D eigenvalue weighted by Gasteiger charge is 2.22. The minimum absolute atomic E-state index is 0. The van der Waals surface area contributed by atoms with Crippen molar-refractivity contribution in [2.75, 3.05) is 0 Å². The fourth-order valence-electron chi connectivity index (χ4n) is 2.66. The maximum absolute atomic E-state index is 10.9. The predicted molar refractivity (Wildman–Crippen MR) is 73.8 cm³/mol. The van der Waals surface area contributed by atoms with Crippen LogP contribution >= 0.6 is 12.4 Å². The summed E-state index contributed by atoms with van der Waals surface area (Å²) in [5.74, 6) is -0.311. The van der Waals surface area contributed by atoms with Crippen molar-refractivity contribution in [1.29, 1.82) is 0 Å². The van der Waals surface area contributed by atoms with E-state index in [-0.39, 0.29) is 12.4 Å². The number of imidazole rings is 1. The van der Waals surface area contributed by atoms with Crippen LogP contribution in [-0.2, 0) is 19.4 Å². The highest BCUT2D eigenvalue weighted by atomic mass is 35.5. The van der Waals surface area contributed by atoms with E-state index in [0.717, 1.165) is 19.4 Å². The third-order valence-corrected chi connectivity index (χ3v) is 3.50. The molecule has 0 saturated carbocycles. The van der Waals surface area contributed by atoms with Crippen molar-refractivity contribution in [3.8, 4) is 0 Å². The second-order valence-electron chi connectivity index (χ2n) is 4.82. The summed E-state index contributed by atoms with van der Waals surface area (Å²) >= 11 is 0. The molecular formula is C14H15ClN2O2. The van der Waals surface area contributed by atoms with Crippen molar-refractivity contribution in [2.45, 2.75) is 19.4 Å². The molecule has 1 heterocycles. The molecule has 1 aromatic heterocycles. The van der Waals surface area contributed by atoms with Gasteiger partial charge in [0.2, 0.25) is 0 Å². The lowest BCUT2D eigenvalue weighted by Crippen LogP contribution is -2.09. The lowest BCUT2D eigenvalue weighted by Gasteiger charge is -2.08. The van der Waals surface area contributed by atoms with Crippen molar-refractivity contribution in [1.82, 2.24) is 9.55 Å². The van der Waals surface area contributed by atoms with E-state index in [1.165, 1.54) is 11.1 Å². The van der Waals surface area contributed by atoms with Gasteiger partial charge in [-0.3, -0.25) is 0 Å². The number of nitrogens with zero attached hydrogens (tertiary/aromatic N) is 2. The van der Waals surface area contributed by atoms with E-state index in [9.17, 15) is 4.79 Å². The Hall–Kier alpha value is -1.81. The molecule has 4 nitrogen and oxygen atoms in total. The molecule has 19 heavy (non-hydrogen) atoms. The van der Waals surface area contributed by atoms with Crippen molar-refractivity contribution in [3.63, 3.8) is 0 Å². The van der Waals surface area contributed by atoms with Gasteiger partial charge in [0.1, 0.15) is 0 Å². The highest BCUT2D eigenvalue weighted by Crippen LogP contribution is 2.28. The lowest BCUT2D eigenvalue weighted by molar-refractivity contribution is 0.0697. The van der Waals surface area contributed by atoms with Crippen molar-refractivity contribution >= 4 is 18.4 Å². The van der Waals surface area contributed by atoms with E-state index < -0.39 is 5.97 Å². The fourth-order valence-corrected chi connectivity index (χ4v) is 2.66. The van der Waals surface area contributed by atoms with Crippen LogP contribution in [0.2, 0.25) is 0 Å². The molecule has 1 aromatic carbocycles. The van der Waals surface area contributed by atoms with E-state index in [2.05, 4.69) is 9.55 Å². The minimum atomic E-state index is -0.851. The standard InChI is InChI=1S/C14H14N2O2.ClH/c17-14(18)12-2-1-11-5-10(6-13(11)7-12)8-16-4-3-15-9-16;/h1-4,7,9-10H,5-6,8H2,(H,17,18);1H. The first-order chi connectivity index (χ1) is 8.72. The second-order valence-corrected chi connectivity index (χ2v) is 4.82. The Labute approximate surface area is 117 Å². The smallest absolute Gasteiger partial charge is 0.335 e. The number of hydrogen-bond donors (Lipinski definition) is 1. The fraction of sp³-hybridized carbons (Fsp3) is 0.286. The van der Waals surface area contributed by atoms with Gasteiger partial charge in [-0.05, 0) is 42.0 Å². The molecule has 0 amide bonds. The van der Waals surface area contributed by atoms with Gasteiger partial charge in [0.15, 0.2) is 0 Å². The zero-order valence-corrected chi connectivity index (χ0v) is 11.1. The number of carbonyl (C=O) groups is 1. The third-order valence-electron chi connectivity index (χ3n) is 3.50. The molecule has 1 aliphatic rings. The molecule has 5 heteroatoms. The molecule has 100 valence electrons. The van der Waals surface area contributed by atoms with Crippen LogP contribution in [0, 0.1) is 5.92 Å². The molecule has 0 radical (unpaired) electrons. The number of aromatic nitrogens is 2. The topological polar surface area (TPSA) is 55.1 Å². The Kier molecular flexibility index (Phi) is 3.90. The molecule has 2 aromatic rings. The van der Waals surface area contributed by atoms with Gasteiger partial charge in [0, 0.05) is 18.9 Å². The molecule has 0 aliphatic heterocycles. The van der Waals surface area contributed by atoms with Gasteiger partial charge in [-0.25, -0.2) is 9.78 Å². The Morgan fingerprint density at radius 3 is 2.84 bits per heavy atom. The molecule has 0 bridgehead atoms. The van der Waals surface area contributed by atoms with Gasteiger partial charge in [-0.15, -0.1) is 12.4 Å². The van der Waals surface area contributed by atoms with Crippen molar-refractivity contribution in [2.24, 2.45) is 5.92 Å². The number of fused-ring (bicyclic) bond motifs is 1. The van der Waals surface area contributed by atoms with Crippen LogP contribution in [0.25, 0.3) is 0 Å². The summed E-state index contributed by atoms with van der Waals surface area (Å²) in [6.45, 7) is 0.942. The SMILES string of the molecule is Cl.O=C(O)c1ccc2c(c1)CC(Cn1ccnc1)C2. The molecule has 3 rings (SSSR count). The van der Waals surface area contributed by atoms with E-state index in [0.29, 0.717) is 11.5 Å². The summed E-state index contributed by atoms with van der Waals surface area (Å²) in [6.07, 6.45) is 7.55. The monoisotopic (exact) mass is 278 g/mol. The zero-order chi connectivity index (χ0) is 12.5. The van der Waals surface area contributed by atoms with Crippen LogP contribution in [0.4, 0.5) is 0 Å². The van der Waals surface area contributed by atoms with Gasteiger partial charge in [0.05, 0.1) is 11.9 Å². The van der Waals surface area contributed by atoms with Gasteiger partial charge in [0.25, 0.3) is 0 Å². The number of halogens is 1. The minimum Gasteiger partial charge on any atom is -0.478 e. The van der Waals surface area contributed by atoms with E-state index >= 15 is 0 Å². The Morgan fingerprint density at radius 1 is 1.37 bits per heavy atom. The lowest BCUT2D eigenvalue weighted by atomic mass is 10.1. The van der Waals surface area contributed by atoms with Crippen LogP contribution in [0.15, 0.2) is 36.9 Å². The van der Waals surface area contributed by atoms with Crippen LogP contribution in [0.3, 0.4) is 0 Å². The number of carboxylic acid groups (broad SMARTS) is 1. The van der Waals surface area contributed by atoms with Crippen LogP contribution in [0.5, 0.6) is 0 Å². The van der Waals surface area contributed by atoms with Gasteiger partial charge < -0.3 is 9.67 Å². The zero-order valence-electron chi connectivity index (χ0n) is 10.3. The summed E-state index contributed by atoms with van der Waals surface area (Å²) in [6, 6.07) is 5.46. The number of rotatable bonds is 3. The molecule has 1 atom stereocenters. The summed E-state index contributed by atoms with van der Waals surface area (Å²) in [5.41, 5.74) is 2.85. The largest absolute Gasteiger partial charge is 0.478 e. The first kappa shape index (κ1) is 13.6. The third kappa shape index (κ3) is 2.79. The molecule has 0 spiro atoms. The molecule has 1 aliphatic carbocycles. The Balaban J connectivity index is 0.00000133. The normalized spacial score (nSPS) is 16.7. The van der Waals surface area contributed by atoms with Crippen molar-refractivity contribution in [3.05, 3.63) is 53.6 Å². The quantitative estimate of drug-likeness (QED) is 0.938. The molecule has 1 unspecified atom stereocenters. The van der Waals surface area contributed by atoms with Gasteiger partial charge in [-0.1, -0.05) is 6.07 Å². The molecule has 0 fully saturated rings. The van der Waals surface area contributed by atoms with E-state index in [4.69, 9.17) is 5.11 Å². The van der Waals surface area contributed by atoms with Crippen LogP contribution in [-0.4, -0.2) is 20.6 Å².